The molecule has 2 rings (SSSR count). The van der Waals surface area contributed by atoms with Gasteiger partial charge < -0.3 is 14.5 Å². The number of ether oxygens (including phenoxy) is 1. The van der Waals surface area contributed by atoms with E-state index >= 15 is 0 Å². The molecule has 21 heavy (non-hydrogen) atoms. The van der Waals surface area contributed by atoms with Gasteiger partial charge in [0.25, 0.3) is 5.91 Å². The third kappa shape index (κ3) is 4.52. The molecule has 4 nitrogen and oxygen atoms in total. The van der Waals surface area contributed by atoms with E-state index in [1.165, 1.54) is 36.6 Å². The lowest BCUT2D eigenvalue weighted by atomic mass is 10.2. The van der Waals surface area contributed by atoms with Crippen molar-refractivity contribution < 1.29 is 27.1 Å². The van der Waals surface area contributed by atoms with Crippen LogP contribution in [0, 0.1) is 0 Å². The van der Waals surface area contributed by atoms with Crippen molar-refractivity contribution in [2.45, 2.75) is 6.18 Å². The van der Waals surface area contributed by atoms with Crippen molar-refractivity contribution in [2.24, 2.45) is 0 Å². The standard InChI is InChI=1S/C13H9BrF3NO3/c14-11-10(5-6-20-11)12(19)18-8-1-3-9(4-2-8)21-7-13(15,16)17/h1-6H,7H2,(H,18,19). The number of amides is 1. The van der Waals surface area contributed by atoms with Crippen LogP contribution in [-0.4, -0.2) is 18.7 Å². The van der Waals surface area contributed by atoms with Crippen LogP contribution in [0.4, 0.5) is 18.9 Å². The summed E-state index contributed by atoms with van der Waals surface area (Å²) in [4.78, 5) is 11.9. The molecule has 0 atom stereocenters. The Morgan fingerprint density at radius 1 is 1.24 bits per heavy atom. The molecule has 1 aromatic carbocycles. The summed E-state index contributed by atoms with van der Waals surface area (Å²) in [5, 5.41) is 2.58. The van der Waals surface area contributed by atoms with Gasteiger partial charge in [0.05, 0.1) is 11.8 Å². The minimum Gasteiger partial charge on any atom is -0.484 e. The van der Waals surface area contributed by atoms with E-state index in [9.17, 15) is 18.0 Å². The zero-order valence-electron chi connectivity index (χ0n) is 10.4. The zero-order chi connectivity index (χ0) is 15.5. The Kier molecular flexibility index (Phi) is 4.56. The number of rotatable bonds is 4. The van der Waals surface area contributed by atoms with Crippen molar-refractivity contribution in [3.8, 4) is 5.75 Å². The van der Waals surface area contributed by atoms with E-state index in [0.717, 1.165) is 0 Å². The summed E-state index contributed by atoms with van der Waals surface area (Å²) < 4.78 is 45.8. The van der Waals surface area contributed by atoms with E-state index in [4.69, 9.17) is 4.42 Å². The van der Waals surface area contributed by atoms with Gasteiger partial charge in [-0.1, -0.05) is 0 Å². The number of benzene rings is 1. The van der Waals surface area contributed by atoms with Crippen LogP contribution < -0.4 is 10.1 Å². The summed E-state index contributed by atoms with van der Waals surface area (Å²) in [6.07, 6.45) is -3.03. The molecule has 1 N–H and O–H groups in total. The molecule has 1 amide bonds. The Labute approximate surface area is 126 Å². The number of halogens is 4. The smallest absolute Gasteiger partial charge is 0.422 e. The normalized spacial score (nSPS) is 11.2. The molecule has 0 spiro atoms. The number of carbonyl (C=O) groups is 1. The molecule has 0 bridgehead atoms. The van der Waals surface area contributed by atoms with Gasteiger partial charge in [0.1, 0.15) is 5.75 Å². The van der Waals surface area contributed by atoms with Crippen molar-refractivity contribution in [1.29, 1.82) is 0 Å². The van der Waals surface area contributed by atoms with Crippen molar-refractivity contribution in [3.63, 3.8) is 0 Å². The van der Waals surface area contributed by atoms with E-state index in [-0.39, 0.29) is 5.75 Å². The van der Waals surface area contributed by atoms with Crippen LogP contribution in [0.1, 0.15) is 10.4 Å². The van der Waals surface area contributed by atoms with Crippen LogP contribution in [0.3, 0.4) is 0 Å². The molecule has 0 radical (unpaired) electrons. The molecule has 0 saturated heterocycles. The van der Waals surface area contributed by atoms with E-state index in [1.54, 1.807) is 0 Å². The van der Waals surface area contributed by atoms with Crippen LogP contribution in [-0.2, 0) is 0 Å². The number of carbonyl (C=O) groups excluding carboxylic acids is 1. The first-order valence-corrected chi connectivity index (χ1v) is 6.48. The molecule has 0 fully saturated rings. The zero-order valence-corrected chi connectivity index (χ0v) is 12.0. The highest BCUT2D eigenvalue weighted by atomic mass is 79.9. The number of nitrogens with one attached hydrogen (secondary N) is 1. The Morgan fingerprint density at radius 2 is 1.90 bits per heavy atom. The van der Waals surface area contributed by atoms with Gasteiger partial charge in [-0.05, 0) is 46.3 Å². The van der Waals surface area contributed by atoms with Crippen molar-refractivity contribution >= 4 is 27.5 Å². The molecule has 1 aromatic heterocycles. The van der Waals surface area contributed by atoms with E-state index in [1.807, 2.05) is 0 Å². The first-order valence-electron chi connectivity index (χ1n) is 5.69. The van der Waals surface area contributed by atoms with Gasteiger partial charge >= 0.3 is 6.18 Å². The highest BCUT2D eigenvalue weighted by Gasteiger charge is 2.28. The SMILES string of the molecule is O=C(Nc1ccc(OCC(F)(F)F)cc1)c1ccoc1Br. The Hall–Kier alpha value is -1.96. The lowest BCUT2D eigenvalue weighted by Crippen LogP contribution is -2.19. The monoisotopic (exact) mass is 363 g/mol. The molecular weight excluding hydrogens is 355 g/mol. The maximum atomic E-state index is 12.0. The number of alkyl halides is 3. The summed E-state index contributed by atoms with van der Waals surface area (Å²) in [5.41, 5.74) is 0.736. The molecule has 2 aromatic rings. The molecule has 1 heterocycles. The van der Waals surface area contributed by atoms with Crippen LogP contribution in [0.2, 0.25) is 0 Å². The fourth-order valence-electron chi connectivity index (χ4n) is 1.45. The van der Waals surface area contributed by atoms with Gasteiger partial charge in [0.2, 0.25) is 0 Å². The van der Waals surface area contributed by atoms with Crippen molar-refractivity contribution in [2.75, 3.05) is 11.9 Å². The van der Waals surface area contributed by atoms with Crippen molar-refractivity contribution in [1.82, 2.24) is 0 Å². The predicted octanol–water partition coefficient (Wildman–Crippen LogP) is 4.24. The highest BCUT2D eigenvalue weighted by Crippen LogP contribution is 2.22. The van der Waals surface area contributed by atoms with Gasteiger partial charge in [0, 0.05) is 5.69 Å². The molecule has 8 heteroatoms. The molecule has 112 valence electrons. The molecule has 0 aliphatic carbocycles. The van der Waals surface area contributed by atoms with Crippen LogP contribution >= 0.6 is 15.9 Å². The third-order valence-corrected chi connectivity index (χ3v) is 2.99. The first-order chi connectivity index (χ1) is 9.85. The van der Waals surface area contributed by atoms with Gasteiger partial charge in [-0.15, -0.1) is 0 Å². The Balaban J connectivity index is 1.96. The molecular formula is C13H9BrF3NO3. The molecule has 0 saturated carbocycles. The third-order valence-electron chi connectivity index (χ3n) is 2.38. The molecule has 0 aliphatic heterocycles. The van der Waals surface area contributed by atoms with Crippen LogP contribution in [0.25, 0.3) is 0 Å². The number of hydrogen-bond donors (Lipinski definition) is 1. The molecule has 0 aliphatic rings. The summed E-state index contributed by atoms with van der Waals surface area (Å²) in [5.74, 6) is -0.339. The summed E-state index contributed by atoms with van der Waals surface area (Å²) in [6, 6.07) is 7.05. The fourth-order valence-corrected chi connectivity index (χ4v) is 1.87. The largest absolute Gasteiger partial charge is 0.484 e. The lowest BCUT2D eigenvalue weighted by molar-refractivity contribution is -0.153. The topological polar surface area (TPSA) is 51.5 Å². The van der Waals surface area contributed by atoms with E-state index in [2.05, 4.69) is 26.0 Å². The maximum Gasteiger partial charge on any atom is 0.422 e. The first kappa shape index (κ1) is 15.4. The number of anilines is 1. The quantitative estimate of drug-likeness (QED) is 0.883. The Bertz CT molecular complexity index is 622. The minimum absolute atomic E-state index is 0.0646. The van der Waals surface area contributed by atoms with E-state index in [0.29, 0.717) is 15.9 Å². The van der Waals surface area contributed by atoms with Crippen molar-refractivity contribution in [3.05, 3.63) is 46.8 Å². The van der Waals surface area contributed by atoms with Gasteiger partial charge in [-0.3, -0.25) is 4.79 Å². The van der Waals surface area contributed by atoms with Gasteiger partial charge in [-0.2, -0.15) is 13.2 Å². The van der Waals surface area contributed by atoms with Crippen LogP contribution in [0.15, 0.2) is 45.7 Å². The summed E-state index contributed by atoms with van der Waals surface area (Å²) in [7, 11) is 0. The average Bonchev–Trinajstić information content (AvgIpc) is 2.83. The van der Waals surface area contributed by atoms with Crippen LogP contribution in [0.5, 0.6) is 5.75 Å². The minimum atomic E-state index is -4.39. The maximum absolute atomic E-state index is 12.0. The Morgan fingerprint density at radius 3 is 2.43 bits per heavy atom. The van der Waals surface area contributed by atoms with E-state index < -0.39 is 18.7 Å². The average molecular weight is 364 g/mol. The second-order valence-corrected chi connectivity index (χ2v) is 4.71. The number of hydrogen-bond acceptors (Lipinski definition) is 3. The van der Waals surface area contributed by atoms with Gasteiger partial charge in [-0.25, -0.2) is 0 Å². The summed E-state index contributed by atoms with van der Waals surface area (Å²) in [6.45, 7) is -1.36. The number of furan rings is 1. The molecule has 0 unspecified atom stereocenters. The predicted molar refractivity (Wildman–Crippen MR) is 72.4 cm³/mol. The van der Waals surface area contributed by atoms with Gasteiger partial charge in [0.15, 0.2) is 11.3 Å². The second kappa shape index (κ2) is 6.21. The second-order valence-electron chi connectivity index (χ2n) is 3.99. The fraction of sp³-hybridized carbons (Fsp3) is 0.154. The summed E-state index contributed by atoms with van der Waals surface area (Å²) >= 11 is 3.08. The highest BCUT2D eigenvalue weighted by molar-refractivity contribution is 9.10. The lowest BCUT2D eigenvalue weighted by Gasteiger charge is -2.10.